The molecular weight excluding hydrogens is 416 g/mol. The van der Waals surface area contributed by atoms with E-state index in [0.29, 0.717) is 6.61 Å². The maximum atomic E-state index is 11.5. The van der Waals surface area contributed by atoms with Crippen LogP contribution in [0.4, 0.5) is 0 Å². The van der Waals surface area contributed by atoms with Gasteiger partial charge in [-0.05, 0) is 19.8 Å². The molecule has 0 spiro atoms. The Kier molecular flexibility index (Phi) is 38.9. The zero-order valence-electron chi connectivity index (χ0n) is 15.4. The van der Waals surface area contributed by atoms with E-state index < -0.39 is 29.7 Å². The summed E-state index contributed by atoms with van der Waals surface area (Å²) in [7, 11) is 2.31. The van der Waals surface area contributed by atoms with E-state index in [1.54, 1.807) is 6.92 Å². The van der Waals surface area contributed by atoms with Gasteiger partial charge >= 0.3 is 51.8 Å². The van der Waals surface area contributed by atoms with Gasteiger partial charge in [-0.15, -0.1) is 0 Å². The van der Waals surface area contributed by atoms with Gasteiger partial charge in [0.1, 0.15) is 5.92 Å². The zero-order chi connectivity index (χ0) is 22.3. The number of esters is 3. The van der Waals surface area contributed by atoms with Crippen molar-refractivity contribution in [1.82, 2.24) is 0 Å². The number of ether oxygens (including phenoxy) is 3. The van der Waals surface area contributed by atoms with Gasteiger partial charge in [-0.3, -0.25) is 9.59 Å². The number of allylic oxidation sites excluding steroid dienone is 1. The van der Waals surface area contributed by atoms with E-state index in [4.69, 9.17) is 20.9 Å². The second kappa shape index (κ2) is 29.6. The molecule has 0 fully saturated rings. The number of unbranched alkanes of at least 4 members (excludes halogenated alkanes) is 1. The van der Waals surface area contributed by atoms with Crippen LogP contribution < -0.4 is 0 Å². The van der Waals surface area contributed by atoms with Crippen molar-refractivity contribution in [3.05, 3.63) is 58.3 Å². The van der Waals surface area contributed by atoms with Crippen LogP contribution in [0.5, 0.6) is 0 Å². The van der Waals surface area contributed by atoms with Gasteiger partial charge in [0.2, 0.25) is 0 Å². The van der Waals surface area contributed by atoms with Crippen molar-refractivity contribution in [2.24, 2.45) is 11.8 Å². The topological polar surface area (TPSA) is 139 Å². The average molecular weight is 435 g/mol. The van der Waals surface area contributed by atoms with Gasteiger partial charge in [0.25, 0.3) is 0 Å². The quantitative estimate of drug-likeness (QED) is 0.0771. The molecule has 0 aliphatic rings. The van der Waals surface area contributed by atoms with Crippen LogP contribution >= 0.6 is 0 Å². The molecule has 0 bridgehead atoms. The molecule has 0 aliphatic carbocycles. The van der Waals surface area contributed by atoms with Gasteiger partial charge < -0.3 is 21.1 Å². The summed E-state index contributed by atoms with van der Waals surface area (Å²) in [6, 6.07) is 0. The fraction of sp³-hybridized carbons (Fsp3) is 0.333. The molecule has 0 amide bonds. The van der Waals surface area contributed by atoms with E-state index in [1.165, 1.54) is 31.4 Å². The third-order valence-corrected chi connectivity index (χ3v) is 2.37. The normalized spacial score (nSPS) is 9.39. The molecule has 0 aromatic heterocycles. The van der Waals surface area contributed by atoms with Crippen molar-refractivity contribution >= 4 is 17.9 Å². The molecule has 0 aliphatic heterocycles. The number of carbonyl (C=O) groups is 3. The van der Waals surface area contributed by atoms with E-state index in [-0.39, 0.29) is 17.1 Å². The first kappa shape index (κ1) is 36.8. The molecule has 9 nitrogen and oxygen atoms in total. The smallest absolute Gasteiger partial charge is 0.330 e. The van der Waals surface area contributed by atoms with E-state index in [9.17, 15) is 14.4 Å². The number of methoxy groups -OCH3 is 2. The largest absolute Gasteiger partial charge is 0.490 e. The first-order chi connectivity index (χ1) is 13.0. The third-order valence-electron chi connectivity index (χ3n) is 2.37. The third kappa shape index (κ3) is 20.2. The van der Waals surface area contributed by atoms with Crippen LogP contribution in [0.15, 0.2) is 12.2 Å². The van der Waals surface area contributed by atoms with Crippen LogP contribution in [0.1, 0.15) is 6.92 Å². The summed E-state index contributed by atoms with van der Waals surface area (Å²) in [6.07, 6.45) is 7.12. The maximum absolute atomic E-state index is 11.5. The Morgan fingerprint density at radius 3 is 1.75 bits per heavy atom. The van der Waals surface area contributed by atoms with Gasteiger partial charge in [-0.2, -0.15) is 5.92 Å². The molecule has 4 radical (unpaired) electrons. The summed E-state index contributed by atoms with van der Waals surface area (Å²) >= 11 is 0. The molecule has 28 heavy (non-hydrogen) atoms. The number of carbonyl (C=O) groups excluding carboxylic acids is 3. The summed E-state index contributed by atoms with van der Waals surface area (Å²) in [5, 5.41) is 0. The Bertz CT molecular complexity index is 465. The SMILES string of the molecule is [C-]#[O+].[C-]#[O+].[C-]#[O+].[CH-][C@@H]([CH][CH][CH]/C=C/C(=O)OCC)C(C(=O)OC)C(=O)OC.[Fe]. The second-order valence-electron chi connectivity index (χ2n) is 3.79. The summed E-state index contributed by atoms with van der Waals surface area (Å²) < 4.78 is 36.2. The Morgan fingerprint density at radius 1 is 0.964 bits per heavy atom. The maximum Gasteiger partial charge on any atom is 0.330 e. The standard InChI is InChI=1S/C15H19O6.3CO.Fe/c1-5-21-12(16)10-8-6-7-9-11(2)13(14(17)19-3)15(18)20-4;3*1-2;/h2,6-11,13H,5H2,1,3-4H3;;;;/q-1;;;;/b10-8+;;;;/t11-;;;;/m0..../s1. The van der Waals surface area contributed by atoms with Crippen LogP contribution in [0.2, 0.25) is 0 Å². The molecular formula is C18H19FeO9-. The molecule has 0 saturated carbocycles. The number of rotatable bonds is 9. The van der Waals surface area contributed by atoms with Crippen molar-refractivity contribution in [3.63, 3.8) is 0 Å². The summed E-state index contributed by atoms with van der Waals surface area (Å²) in [6.45, 7) is 21.2. The average Bonchev–Trinajstić information content (AvgIpc) is 2.72. The van der Waals surface area contributed by atoms with Crippen LogP contribution in [0.3, 0.4) is 0 Å². The van der Waals surface area contributed by atoms with Gasteiger partial charge in [0, 0.05) is 23.1 Å². The van der Waals surface area contributed by atoms with Crippen LogP contribution in [-0.2, 0) is 59.6 Å². The minimum Gasteiger partial charge on any atom is -0.490 e. The monoisotopic (exact) mass is 435 g/mol. The predicted molar refractivity (Wildman–Crippen MR) is 85.8 cm³/mol. The predicted octanol–water partition coefficient (Wildman–Crippen LogP) is 0.893. The van der Waals surface area contributed by atoms with Crippen LogP contribution in [0, 0.1) is 58.0 Å². The number of hydrogen-bond donors (Lipinski definition) is 0. The molecule has 154 valence electrons. The first-order valence-corrected chi connectivity index (χ1v) is 6.85. The van der Waals surface area contributed by atoms with Crippen LogP contribution in [-0.4, -0.2) is 38.7 Å². The Balaban J connectivity index is -0.000000228. The van der Waals surface area contributed by atoms with Crippen molar-refractivity contribution < 1.29 is 59.6 Å². The zero-order valence-corrected chi connectivity index (χ0v) is 16.5. The Morgan fingerprint density at radius 2 is 1.39 bits per heavy atom. The van der Waals surface area contributed by atoms with Crippen molar-refractivity contribution in [2.45, 2.75) is 6.92 Å². The summed E-state index contributed by atoms with van der Waals surface area (Å²) in [5.74, 6) is -4.16. The van der Waals surface area contributed by atoms with Crippen molar-refractivity contribution in [1.29, 1.82) is 0 Å². The molecule has 1 atom stereocenters. The van der Waals surface area contributed by atoms with Gasteiger partial charge in [0.05, 0.1) is 20.8 Å². The fourth-order valence-electron chi connectivity index (χ4n) is 1.36. The second-order valence-corrected chi connectivity index (χ2v) is 3.79. The summed E-state index contributed by atoms with van der Waals surface area (Å²) in [5.41, 5.74) is 0. The van der Waals surface area contributed by atoms with Gasteiger partial charge in [-0.25, -0.2) is 4.79 Å². The molecule has 0 N–H and O–H groups in total. The Labute approximate surface area is 175 Å². The van der Waals surface area contributed by atoms with Gasteiger partial charge in [0.15, 0.2) is 0 Å². The molecule has 0 aromatic rings. The Hall–Kier alpha value is -2.11. The van der Waals surface area contributed by atoms with Crippen molar-refractivity contribution in [3.8, 4) is 0 Å². The molecule has 0 rings (SSSR count). The van der Waals surface area contributed by atoms with E-state index in [1.807, 2.05) is 0 Å². The molecule has 0 unspecified atom stereocenters. The van der Waals surface area contributed by atoms with E-state index in [2.05, 4.69) is 34.2 Å². The minimum atomic E-state index is -1.24. The molecule has 10 heteroatoms. The minimum absolute atomic E-state index is 0. The van der Waals surface area contributed by atoms with Gasteiger partial charge in [-0.1, -0.05) is 12.5 Å². The van der Waals surface area contributed by atoms with E-state index in [0.717, 1.165) is 14.2 Å². The molecule has 0 heterocycles. The van der Waals surface area contributed by atoms with Crippen molar-refractivity contribution in [2.75, 3.05) is 20.8 Å². The molecule has 0 saturated heterocycles. The fourth-order valence-corrected chi connectivity index (χ4v) is 1.36. The number of hydrogen-bond acceptors (Lipinski definition) is 6. The van der Waals surface area contributed by atoms with E-state index >= 15 is 0 Å². The summed E-state index contributed by atoms with van der Waals surface area (Å²) in [4.78, 5) is 34.0. The molecule has 0 aromatic carbocycles. The first-order valence-electron chi connectivity index (χ1n) is 6.85. The van der Waals surface area contributed by atoms with Crippen LogP contribution in [0.25, 0.3) is 0 Å².